The SMILES string of the molecule is CC(NC(=O)c1ccncc1C=CC(=O)O)c1cccs1. The molecule has 1 atom stereocenters. The molecule has 2 N–H and O–H groups in total. The molecule has 0 aliphatic heterocycles. The number of carbonyl (C=O) groups is 2. The quantitative estimate of drug-likeness (QED) is 0.832. The molecule has 0 saturated carbocycles. The van der Waals surface area contributed by atoms with Gasteiger partial charge in [0.15, 0.2) is 0 Å². The fourth-order valence-corrected chi connectivity index (χ4v) is 2.52. The van der Waals surface area contributed by atoms with Crippen molar-refractivity contribution in [1.82, 2.24) is 10.3 Å². The Bertz CT molecular complexity index is 665. The molecule has 0 radical (unpaired) electrons. The van der Waals surface area contributed by atoms with Crippen LogP contribution in [0, 0.1) is 0 Å². The third-order valence-electron chi connectivity index (χ3n) is 2.82. The minimum Gasteiger partial charge on any atom is -0.478 e. The number of hydrogen-bond donors (Lipinski definition) is 2. The molecule has 108 valence electrons. The van der Waals surface area contributed by atoms with E-state index >= 15 is 0 Å². The van der Waals surface area contributed by atoms with Gasteiger partial charge in [-0.05, 0) is 30.5 Å². The smallest absolute Gasteiger partial charge is 0.328 e. The Morgan fingerprint density at radius 1 is 1.43 bits per heavy atom. The second kappa shape index (κ2) is 6.81. The maximum atomic E-state index is 12.3. The Morgan fingerprint density at radius 3 is 2.90 bits per heavy atom. The highest BCUT2D eigenvalue weighted by molar-refractivity contribution is 7.10. The largest absolute Gasteiger partial charge is 0.478 e. The first kappa shape index (κ1) is 14.9. The zero-order valence-electron chi connectivity index (χ0n) is 11.3. The highest BCUT2D eigenvalue weighted by Crippen LogP contribution is 2.19. The summed E-state index contributed by atoms with van der Waals surface area (Å²) in [5.74, 6) is -1.33. The summed E-state index contributed by atoms with van der Waals surface area (Å²) >= 11 is 1.57. The fourth-order valence-electron chi connectivity index (χ4n) is 1.79. The van der Waals surface area contributed by atoms with Gasteiger partial charge in [0.05, 0.1) is 6.04 Å². The third kappa shape index (κ3) is 4.00. The Labute approximate surface area is 126 Å². The van der Waals surface area contributed by atoms with Gasteiger partial charge in [-0.3, -0.25) is 9.78 Å². The van der Waals surface area contributed by atoms with E-state index in [0.29, 0.717) is 11.1 Å². The van der Waals surface area contributed by atoms with E-state index in [9.17, 15) is 9.59 Å². The van der Waals surface area contributed by atoms with Gasteiger partial charge < -0.3 is 10.4 Å². The number of carboxylic acids is 1. The van der Waals surface area contributed by atoms with E-state index in [4.69, 9.17) is 5.11 Å². The van der Waals surface area contributed by atoms with Gasteiger partial charge in [-0.2, -0.15) is 0 Å². The maximum absolute atomic E-state index is 12.3. The zero-order chi connectivity index (χ0) is 15.2. The number of carbonyl (C=O) groups excluding carboxylic acids is 1. The average molecular weight is 302 g/mol. The summed E-state index contributed by atoms with van der Waals surface area (Å²) in [6, 6.07) is 5.34. The predicted molar refractivity (Wildman–Crippen MR) is 81.1 cm³/mol. The molecule has 2 heterocycles. The van der Waals surface area contributed by atoms with Gasteiger partial charge in [0.25, 0.3) is 5.91 Å². The number of nitrogens with zero attached hydrogens (tertiary/aromatic N) is 1. The van der Waals surface area contributed by atoms with Crippen molar-refractivity contribution in [2.24, 2.45) is 0 Å². The molecule has 0 aromatic carbocycles. The molecule has 2 aromatic rings. The summed E-state index contributed by atoms with van der Waals surface area (Å²) in [5.41, 5.74) is 0.863. The Hall–Kier alpha value is -2.47. The molecule has 0 spiro atoms. The molecule has 2 rings (SSSR count). The van der Waals surface area contributed by atoms with E-state index in [-0.39, 0.29) is 11.9 Å². The summed E-state index contributed by atoms with van der Waals surface area (Å²) in [4.78, 5) is 27.8. The Morgan fingerprint density at radius 2 is 2.24 bits per heavy atom. The summed E-state index contributed by atoms with van der Waals surface area (Å²) in [7, 11) is 0. The van der Waals surface area contributed by atoms with Crippen molar-refractivity contribution in [3.63, 3.8) is 0 Å². The second-order valence-electron chi connectivity index (χ2n) is 4.35. The van der Waals surface area contributed by atoms with Gasteiger partial charge >= 0.3 is 5.97 Å². The molecule has 0 fully saturated rings. The van der Waals surface area contributed by atoms with Crippen LogP contribution in [0.5, 0.6) is 0 Å². The van der Waals surface area contributed by atoms with Crippen molar-refractivity contribution in [2.45, 2.75) is 13.0 Å². The van der Waals surface area contributed by atoms with Crippen LogP contribution in [0.2, 0.25) is 0 Å². The van der Waals surface area contributed by atoms with Crippen LogP contribution in [0.25, 0.3) is 6.08 Å². The van der Waals surface area contributed by atoms with Crippen LogP contribution in [0.3, 0.4) is 0 Å². The van der Waals surface area contributed by atoms with Crippen LogP contribution in [-0.4, -0.2) is 22.0 Å². The molecule has 6 heteroatoms. The van der Waals surface area contributed by atoms with Crippen molar-refractivity contribution in [1.29, 1.82) is 0 Å². The lowest BCUT2D eigenvalue weighted by atomic mass is 10.1. The first-order chi connectivity index (χ1) is 10.1. The first-order valence-electron chi connectivity index (χ1n) is 6.27. The van der Waals surface area contributed by atoms with Crippen LogP contribution in [-0.2, 0) is 4.79 Å². The van der Waals surface area contributed by atoms with Gasteiger partial charge in [-0.25, -0.2) is 4.79 Å². The van der Waals surface area contributed by atoms with E-state index in [0.717, 1.165) is 11.0 Å². The number of nitrogens with one attached hydrogen (secondary N) is 1. The van der Waals surface area contributed by atoms with Gasteiger partial charge in [-0.1, -0.05) is 6.07 Å². The summed E-state index contributed by atoms with van der Waals surface area (Å²) in [5, 5.41) is 13.5. The van der Waals surface area contributed by atoms with Crippen molar-refractivity contribution < 1.29 is 14.7 Å². The molecule has 0 bridgehead atoms. The maximum Gasteiger partial charge on any atom is 0.328 e. The zero-order valence-corrected chi connectivity index (χ0v) is 12.1. The summed E-state index contributed by atoms with van der Waals surface area (Å²) in [6.45, 7) is 1.90. The average Bonchev–Trinajstić information content (AvgIpc) is 2.99. The number of rotatable bonds is 5. The molecule has 0 saturated heterocycles. The van der Waals surface area contributed by atoms with Crippen molar-refractivity contribution in [3.8, 4) is 0 Å². The molecule has 0 aliphatic carbocycles. The van der Waals surface area contributed by atoms with Crippen LogP contribution in [0.1, 0.15) is 33.8 Å². The first-order valence-corrected chi connectivity index (χ1v) is 7.15. The lowest BCUT2D eigenvalue weighted by Crippen LogP contribution is -2.26. The molecule has 0 aliphatic rings. The van der Waals surface area contributed by atoms with Gasteiger partial charge in [0.2, 0.25) is 0 Å². The van der Waals surface area contributed by atoms with Gasteiger partial charge in [-0.15, -0.1) is 11.3 Å². The minimum absolute atomic E-state index is 0.109. The number of pyridine rings is 1. The number of thiophene rings is 1. The Balaban J connectivity index is 2.17. The molecule has 1 amide bonds. The fraction of sp³-hybridized carbons (Fsp3) is 0.133. The van der Waals surface area contributed by atoms with E-state index < -0.39 is 5.97 Å². The number of carboxylic acid groups (broad SMARTS) is 1. The third-order valence-corrected chi connectivity index (χ3v) is 3.87. The summed E-state index contributed by atoms with van der Waals surface area (Å²) < 4.78 is 0. The van der Waals surface area contributed by atoms with Crippen LogP contribution in [0.4, 0.5) is 0 Å². The number of amides is 1. The topological polar surface area (TPSA) is 79.3 Å². The minimum atomic E-state index is -1.07. The number of hydrogen-bond acceptors (Lipinski definition) is 4. The lowest BCUT2D eigenvalue weighted by Gasteiger charge is -2.13. The van der Waals surface area contributed by atoms with E-state index in [1.54, 1.807) is 17.4 Å². The molecule has 1 unspecified atom stereocenters. The normalized spacial score (nSPS) is 12.2. The molecule has 2 aromatic heterocycles. The summed E-state index contributed by atoms with van der Waals surface area (Å²) in [6.07, 6.45) is 5.31. The highest BCUT2D eigenvalue weighted by Gasteiger charge is 2.14. The standard InChI is InChI=1S/C15H14N2O3S/c1-10(13-3-2-8-21-13)17-15(20)12-6-7-16-9-11(12)4-5-14(18)19/h2-10H,1H3,(H,17,20)(H,18,19). The Kier molecular flexibility index (Phi) is 4.84. The van der Waals surface area contributed by atoms with Crippen molar-refractivity contribution in [2.75, 3.05) is 0 Å². The van der Waals surface area contributed by atoms with E-state index in [1.165, 1.54) is 18.5 Å². The van der Waals surface area contributed by atoms with Crippen LogP contribution < -0.4 is 5.32 Å². The van der Waals surface area contributed by atoms with Crippen LogP contribution in [0.15, 0.2) is 42.0 Å². The predicted octanol–water partition coefficient (Wildman–Crippen LogP) is 2.73. The van der Waals surface area contributed by atoms with Crippen molar-refractivity contribution >= 4 is 29.3 Å². The lowest BCUT2D eigenvalue weighted by molar-refractivity contribution is -0.131. The monoisotopic (exact) mass is 302 g/mol. The molecular weight excluding hydrogens is 288 g/mol. The van der Waals surface area contributed by atoms with E-state index in [2.05, 4.69) is 10.3 Å². The van der Waals surface area contributed by atoms with Crippen molar-refractivity contribution in [3.05, 3.63) is 58.1 Å². The van der Waals surface area contributed by atoms with Crippen LogP contribution >= 0.6 is 11.3 Å². The number of aromatic nitrogens is 1. The molecule has 5 nitrogen and oxygen atoms in total. The second-order valence-corrected chi connectivity index (χ2v) is 5.32. The number of aliphatic carboxylic acids is 1. The highest BCUT2D eigenvalue weighted by atomic mass is 32.1. The van der Waals surface area contributed by atoms with Gasteiger partial charge in [0, 0.05) is 34.5 Å². The molecular formula is C15H14N2O3S. The van der Waals surface area contributed by atoms with E-state index in [1.807, 2.05) is 24.4 Å². The molecule has 21 heavy (non-hydrogen) atoms. The van der Waals surface area contributed by atoms with Gasteiger partial charge in [0.1, 0.15) is 0 Å².